The second-order valence-electron chi connectivity index (χ2n) is 8.41. The van der Waals surface area contributed by atoms with Crippen molar-refractivity contribution in [1.29, 1.82) is 0 Å². The van der Waals surface area contributed by atoms with Gasteiger partial charge in [-0.3, -0.25) is 9.59 Å². The predicted molar refractivity (Wildman–Crippen MR) is 96.4 cm³/mol. The van der Waals surface area contributed by atoms with Crippen LogP contribution in [0.25, 0.3) is 0 Å². The van der Waals surface area contributed by atoms with Crippen LogP contribution in [0, 0.1) is 10.8 Å². The zero-order valence-corrected chi connectivity index (χ0v) is 15.3. The molecule has 24 heavy (non-hydrogen) atoms. The van der Waals surface area contributed by atoms with Gasteiger partial charge in [0.2, 0.25) is 5.91 Å². The van der Waals surface area contributed by atoms with Crippen molar-refractivity contribution in [2.24, 2.45) is 10.8 Å². The fourth-order valence-corrected chi connectivity index (χ4v) is 4.82. The number of likely N-dealkylation sites (tertiary alicyclic amines) is 1. The summed E-state index contributed by atoms with van der Waals surface area (Å²) in [5.41, 5.74) is 1.86. The standard InChI is InChI=1S/C19H25ClN2O2/c1-18(2)8-15-9-19(3,11-18)12-22(15)17(24)13-4-6-14(7-5-13)21-16(23)10-20/h4-7,15H,8-12H2,1-3H3,(H,21,23). The third-order valence-corrected chi connectivity index (χ3v) is 5.46. The monoisotopic (exact) mass is 348 g/mol. The molecule has 4 nitrogen and oxygen atoms in total. The minimum Gasteiger partial charge on any atom is -0.335 e. The molecule has 2 aliphatic rings. The molecule has 2 bridgehead atoms. The normalized spacial score (nSPS) is 27.8. The average molecular weight is 349 g/mol. The number of hydrogen-bond acceptors (Lipinski definition) is 2. The molecule has 0 aromatic heterocycles. The number of carbonyl (C=O) groups is 2. The molecule has 5 heteroatoms. The lowest BCUT2D eigenvalue weighted by Crippen LogP contribution is -2.37. The van der Waals surface area contributed by atoms with Gasteiger partial charge in [0.25, 0.3) is 5.91 Å². The highest BCUT2D eigenvalue weighted by Crippen LogP contribution is 2.52. The first kappa shape index (κ1) is 17.3. The number of carbonyl (C=O) groups excluding carboxylic acids is 2. The minimum absolute atomic E-state index is 0.0789. The van der Waals surface area contributed by atoms with Crippen molar-refractivity contribution in [3.05, 3.63) is 29.8 Å². The van der Waals surface area contributed by atoms with Crippen molar-refractivity contribution < 1.29 is 9.59 Å². The third-order valence-electron chi connectivity index (χ3n) is 5.21. The number of nitrogens with one attached hydrogen (secondary N) is 1. The van der Waals surface area contributed by atoms with Crippen LogP contribution in [0.5, 0.6) is 0 Å². The molecule has 1 heterocycles. The Balaban J connectivity index is 1.74. The molecule has 1 aromatic rings. The molecule has 1 aromatic carbocycles. The third kappa shape index (κ3) is 3.44. The van der Waals surface area contributed by atoms with Gasteiger partial charge in [0.1, 0.15) is 5.88 Å². The summed E-state index contributed by atoms with van der Waals surface area (Å²) in [5.74, 6) is -0.235. The average Bonchev–Trinajstić information content (AvgIpc) is 2.76. The minimum atomic E-state index is -0.251. The van der Waals surface area contributed by atoms with E-state index in [1.54, 1.807) is 24.3 Å². The quantitative estimate of drug-likeness (QED) is 0.842. The Hall–Kier alpha value is -1.55. The summed E-state index contributed by atoms with van der Waals surface area (Å²) in [4.78, 5) is 26.3. The Bertz CT molecular complexity index is 656. The molecule has 2 atom stereocenters. The molecule has 2 fully saturated rings. The number of nitrogens with zero attached hydrogens (tertiary/aromatic N) is 1. The number of amides is 2. The number of alkyl halides is 1. The Morgan fingerprint density at radius 3 is 2.50 bits per heavy atom. The first-order valence-corrected chi connectivity index (χ1v) is 9.02. The first-order valence-electron chi connectivity index (χ1n) is 8.48. The Kier molecular flexibility index (Phi) is 4.37. The van der Waals surface area contributed by atoms with Crippen molar-refractivity contribution in [2.45, 2.75) is 46.1 Å². The van der Waals surface area contributed by atoms with Crippen LogP contribution >= 0.6 is 11.6 Å². The second-order valence-corrected chi connectivity index (χ2v) is 8.67. The van der Waals surface area contributed by atoms with Gasteiger partial charge >= 0.3 is 0 Å². The van der Waals surface area contributed by atoms with Crippen LogP contribution < -0.4 is 5.32 Å². The summed E-state index contributed by atoms with van der Waals surface area (Å²) in [6.07, 6.45) is 3.34. The summed E-state index contributed by atoms with van der Waals surface area (Å²) < 4.78 is 0. The summed E-state index contributed by atoms with van der Waals surface area (Å²) >= 11 is 5.48. The Morgan fingerprint density at radius 1 is 1.21 bits per heavy atom. The van der Waals surface area contributed by atoms with E-state index in [-0.39, 0.29) is 23.1 Å². The van der Waals surface area contributed by atoms with Crippen molar-refractivity contribution in [3.8, 4) is 0 Å². The first-order chi connectivity index (χ1) is 11.2. The van der Waals surface area contributed by atoms with Crippen LogP contribution in [-0.4, -0.2) is 35.2 Å². The summed E-state index contributed by atoms with van der Waals surface area (Å²) in [7, 11) is 0. The van der Waals surface area contributed by atoms with E-state index in [0.717, 1.165) is 19.4 Å². The van der Waals surface area contributed by atoms with Gasteiger partial charge in [0, 0.05) is 23.8 Å². The number of hydrogen-bond donors (Lipinski definition) is 1. The van der Waals surface area contributed by atoms with Crippen LogP contribution in [-0.2, 0) is 4.79 Å². The number of anilines is 1. The molecule has 0 radical (unpaired) electrons. The van der Waals surface area contributed by atoms with Crippen LogP contribution in [0.15, 0.2) is 24.3 Å². The topological polar surface area (TPSA) is 49.4 Å². The highest BCUT2D eigenvalue weighted by Gasteiger charge is 2.50. The number of fused-ring (bicyclic) bond motifs is 2. The molecular formula is C19H25ClN2O2. The van der Waals surface area contributed by atoms with Crippen LogP contribution in [0.1, 0.15) is 50.4 Å². The largest absolute Gasteiger partial charge is 0.335 e. The molecule has 2 amide bonds. The van der Waals surface area contributed by atoms with Gasteiger partial charge < -0.3 is 10.2 Å². The van der Waals surface area contributed by atoms with Gasteiger partial charge in [-0.2, -0.15) is 0 Å². The molecule has 3 rings (SSSR count). The van der Waals surface area contributed by atoms with E-state index >= 15 is 0 Å². The molecule has 1 saturated carbocycles. The lowest BCUT2D eigenvalue weighted by atomic mass is 9.65. The number of benzene rings is 1. The van der Waals surface area contributed by atoms with Crippen molar-refractivity contribution in [3.63, 3.8) is 0 Å². The van der Waals surface area contributed by atoms with Crippen LogP contribution in [0.4, 0.5) is 5.69 Å². The molecule has 1 saturated heterocycles. The molecular weight excluding hydrogens is 324 g/mol. The summed E-state index contributed by atoms with van der Waals surface area (Å²) in [6, 6.07) is 7.41. The lowest BCUT2D eigenvalue weighted by Gasteiger charge is -2.39. The van der Waals surface area contributed by atoms with E-state index in [9.17, 15) is 9.59 Å². The summed E-state index contributed by atoms with van der Waals surface area (Å²) in [6.45, 7) is 7.75. The van der Waals surface area contributed by atoms with Gasteiger partial charge in [-0.1, -0.05) is 20.8 Å². The van der Waals surface area contributed by atoms with Crippen molar-refractivity contribution in [2.75, 3.05) is 17.7 Å². The van der Waals surface area contributed by atoms with Crippen LogP contribution in [0.2, 0.25) is 0 Å². The maximum absolute atomic E-state index is 12.9. The van der Waals surface area contributed by atoms with E-state index in [2.05, 4.69) is 31.0 Å². The fourth-order valence-electron chi connectivity index (χ4n) is 4.75. The SMILES string of the molecule is CC1(C)CC2CC(C)(CN2C(=O)c2ccc(NC(=O)CCl)cc2)C1. The van der Waals surface area contributed by atoms with Gasteiger partial charge in [0.05, 0.1) is 0 Å². The predicted octanol–water partition coefficient (Wildman–Crippen LogP) is 3.90. The Morgan fingerprint density at radius 2 is 1.88 bits per heavy atom. The molecule has 2 unspecified atom stereocenters. The molecule has 0 spiro atoms. The molecule has 1 aliphatic carbocycles. The second kappa shape index (κ2) is 6.07. The maximum Gasteiger partial charge on any atom is 0.254 e. The fraction of sp³-hybridized carbons (Fsp3) is 0.579. The van der Waals surface area contributed by atoms with Crippen molar-refractivity contribution in [1.82, 2.24) is 4.90 Å². The molecule has 130 valence electrons. The van der Waals surface area contributed by atoms with E-state index in [4.69, 9.17) is 11.6 Å². The Labute approximate surface area is 148 Å². The molecule has 1 aliphatic heterocycles. The maximum atomic E-state index is 12.9. The smallest absolute Gasteiger partial charge is 0.254 e. The van der Waals surface area contributed by atoms with E-state index in [1.165, 1.54) is 6.42 Å². The van der Waals surface area contributed by atoms with Crippen LogP contribution in [0.3, 0.4) is 0 Å². The lowest BCUT2D eigenvalue weighted by molar-refractivity contribution is -0.113. The van der Waals surface area contributed by atoms with Gasteiger partial charge in [0.15, 0.2) is 0 Å². The zero-order chi connectivity index (χ0) is 17.5. The van der Waals surface area contributed by atoms with Crippen molar-refractivity contribution >= 4 is 29.1 Å². The van der Waals surface area contributed by atoms with Gasteiger partial charge in [-0.05, 0) is 54.4 Å². The zero-order valence-electron chi connectivity index (χ0n) is 14.6. The van der Waals surface area contributed by atoms with E-state index < -0.39 is 0 Å². The highest BCUT2D eigenvalue weighted by atomic mass is 35.5. The number of rotatable bonds is 3. The van der Waals surface area contributed by atoms with Gasteiger partial charge in [-0.25, -0.2) is 0 Å². The van der Waals surface area contributed by atoms with E-state index in [0.29, 0.717) is 22.7 Å². The van der Waals surface area contributed by atoms with Gasteiger partial charge in [-0.15, -0.1) is 11.6 Å². The molecule has 1 N–H and O–H groups in total. The summed E-state index contributed by atoms with van der Waals surface area (Å²) in [5, 5.41) is 2.69. The van der Waals surface area contributed by atoms with E-state index in [1.807, 2.05) is 0 Å². The highest BCUT2D eigenvalue weighted by molar-refractivity contribution is 6.29. The number of halogens is 1.